The van der Waals surface area contributed by atoms with Crippen molar-refractivity contribution in [3.05, 3.63) is 45.8 Å². The van der Waals surface area contributed by atoms with E-state index >= 15 is 0 Å². The first-order valence-corrected chi connectivity index (χ1v) is 16.9. The Morgan fingerprint density at radius 3 is 2.12 bits per heavy atom. The zero-order valence-corrected chi connectivity index (χ0v) is 27.4. The molecule has 0 unspecified atom stereocenters. The van der Waals surface area contributed by atoms with Crippen molar-refractivity contribution in [1.29, 1.82) is 0 Å². The molecule has 10 nitrogen and oxygen atoms in total. The van der Waals surface area contributed by atoms with Gasteiger partial charge in [-0.1, -0.05) is 27.7 Å². The first-order valence-electron chi connectivity index (χ1n) is 14.6. The van der Waals surface area contributed by atoms with Gasteiger partial charge in [0, 0.05) is 43.2 Å². The van der Waals surface area contributed by atoms with Crippen LogP contribution in [-0.2, 0) is 27.7 Å². The van der Waals surface area contributed by atoms with Crippen molar-refractivity contribution in [3.8, 4) is 0 Å². The van der Waals surface area contributed by atoms with Gasteiger partial charge in [0.05, 0.1) is 23.6 Å². The molecule has 1 aromatic heterocycles. The molecule has 0 spiro atoms. The minimum atomic E-state index is -3.73. The summed E-state index contributed by atoms with van der Waals surface area (Å²) in [6, 6.07) is 5.90. The predicted molar refractivity (Wildman–Crippen MR) is 166 cm³/mol. The summed E-state index contributed by atoms with van der Waals surface area (Å²) in [5.41, 5.74) is 1.56. The summed E-state index contributed by atoms with van der Waals surface area (Å²) in [7, 11) is -3.73. The number of hydrogen-bond acceptors (Lipinski definition) is 7. The Balaban J connectivity index is 1.91. The number of amides is 3. The molecule has 0 aliphatic carbocycles. The Labute approximate surface area is 254 Å². The largest absolute Gasteiger partial charge is 0.450 e. The fourth-order valence-electron chi connectivity index (χ4n) is 4.95. The average molecular weight is 621 g/mol. The maximum Gasteiger partial charge on any atom is 0.410 e. The topological polar surface area (TPSA) is 116 Å². The number of rotatable bonds is 12. The first kappa shape index (κ1) is 33.5. The second kappa shape index (κ2) is 14.5. The quantitative estimate of drug-likeness (QED) is 0.344. The Kier molecular flexibility index (Phi) is 11.6. The summed E-state index contributed by atoms with van der Waals surface area (Å²) in [6.07, 6.45) is 0.0627. The molecule has 0 saturated carbocycles. The number of ether oxygens (including phenoxy) is 1. The molecule has 0 saturated heterocycles. The first-order chi connectivity index (χ1) is 19.8. The molecular weight excluding hydrogens is 576 g/mol. The van der Waals surface area contributed by atoms with Gasteiger partial charge in [-0.2, -0.15) is 4.31 Å². The molecule has 0 fully saturated rings. The molecule has 3 rings (SSSR count). The van der Waals surface area contributed by atoms with E-state index < -0.39 is 22.0 Å². The highest BCUT2D eigenvalue weighted by Crippen LogP contribution is 2.38. The molecule has 1 aromatic carbocycles. The van der Waals surface area contributed by atoms with Crippen molar-refractivity contribution in [2.45, 2.75) is 66.3 Å². The molecule has 2 heterocycles. The summed E-state index contributed by atoms with van der Waals surface area (Å²) in [6.45, 7) is 16.3. The smallest absolute Gasteiger partial charge is 0.410 e. The number of nitrogens with one attached hydrogen (secondary N) is 1. The van der Waals surface area contributed by atoms with E-state index in [4.69, 9.17) is 4.74 Å². The number of thiophene rings is 1. The number of anilines is 1. The second-order valence-electron chi connectivity index (χ2n) is 11.1. The van der Waals surface area contributed by atoms with Gasteiger partial charge in [-0.05, 0) is 68.9 Å². The van der Waals surface area contributed by atoms with Crippen LogP contribution in [0.5, 0.6) is 0 Å². The SMILES string of the molecule is CCOC(=O)N1CCc2c(sc(NC(=O)c3ccc(S(=O)(=O)N(CC(C)C)CC(C)C)cc3)c2C(=O)N(CC)CC)C1. The molecule has 3 amide bonds. The molecule has 0 radical (unpaired) electrons. The molecule has 1 N–H and O–H groups in total. The van der Waals surface area contributed by atoms with Crippen molar-refractivity contribution >= 4 is 44.3 Å². The lowest BCUT2D eigenvalue weighted by Crippen LogP contribution is -2.37. The molecule has 0 bridgehead atoms. The summed E-state index contributed by atoms with van der Waals surface area (Å²) in [5, 5.41) is 3.33. The van der Waals surface area contributed by atoms with E-state index in [0.717, 1.165) is 10.4 Å². The molecular formula is C30H44N4O6S2. The lowest BCUT2D eigenvalue weighted by Gasteiger charge is -2.27. The minimum Gasteiger partial charge on any atom is -0.450 e. The molecule has 232 valence electrons. The van der Waals surface area contributed by atoms with Crippen LogP contribution in [0.4, 0.5) is 9.80 Å². The third kappa shape index (κ3) is 7.70. The van der Waals surface area contributed by atoms with Crippen LogP contribution in [-0.4, -0.2) is 79.8 Å². The summed E-state index contributed by atoms with van der Waals surface area (Å²) in [5.74, 6) is -0.292. The van der Waals surface area contributed by atoms with Gasteiger partial charge in [-0.25, -0.2) is 13.2 Å². The molecule has 2 aromatic rings. The van der Waals surface area contributed by atoms with Gasteiger partial charge in [-0.15, -0.1) is 11.3 Å². The normalized spacial score (nSPS) is 13.4. The van der Waals surface area contributed by atoms with Crippen molar-refractivity contribution < 1.29 is 27.5 Å². The van der Waals surface area contributed by atoms with Gasteiger partial charge < -0.3 is 19.9 Å². The lowest BCUT2D eigenvalue weighted by molar-refractivity contribution is 0.0772. The van der Waals surface area contributed by atoms with Gasteiger partial charge in [0.1, 0.15) is 5.00 Å². The molecule has 1 aliphatic heterocycles. The van der Waals surface area contributed by atoms with E-state index in [-0.39, 0.29) is 34.8 Å². The van der Waals surface area contributed by atoms with Crippen LogP contribution in [0, 0.1) is 11.8 Å². The number of carbonyl (C=O) groups is 3. The van der Waals surface area contributed by atoms with Crippen LogP contribution >= 0.6 is 11.3 Å². The maximum atomic E-state index is 13.6. The lowest BCUT2D eigenvalue weighted by atomic mass is 10.0. The summed E-state index contributed by atoms with van der Waals surface area (Å²) in [4.78, 5) is 43.6. The highest BCUT2D eigenvalue weighted by atomic mass is 32.2. The zero-order chi connectivity index (χ0) is 31.2. The van der Waals surface area contributed by atoms with Crippen LogP contribution in [0.1, 0.15) is 79.6 Å². The van der Waals surface area contributed by atoms with E-state index in [9.17, 15) is 22.8 Å². The van der Waals surface area contributed by atoms with Gasteiger partial charge in [0.25, 0.3) is 11.8 Å². The molecule has 42 heavy (non-hydrogen) atoms. The van der Waals surface area contributed by atoms with E-state index in [1.165, 1.54) is 39.9 Å². The molecule has 0 atom stereocenters. The average Bonchev–Trinajstić information content (AvgIpc) is 3.29. The number of nitrogens with zero attached hydrogens (tertiary/aromatic N) is 3. The fourth-order valence-corrected chi connectivity index (χ4v) is 7.96. The van der Waals surface area contributed by atoms with Gasteiger partial charge in [-0.3, -0.25) is 9.59 Å². The second-order valence-corrected chi connectivity index (χ2v) is 14.2. The van der Waals surface area contributed by atoms with Gasteiger partial charge in [0.2, 0.25) is 10.0 Å². The van der Waals surface area contributed by atoms with E-state index in [2.05, 4.69) is 5.32 Å². The van der Waals surface area contributed by atoms with Crippen LogP contribution in [0.15, 0.2) is 29.2 Å². The number of fused-ring (bicyclic) bond motifs is 1. The Hall–Kier alpha value is -2.96. The highest BCUT2D eigenvalue weighted by molar-refractivity contribution is 7.89. The Morgan fingerprint density at radius 2 is 1.60 bits per heavy atom. The van der Waals surface area contributed by atoms with Crippen molar-refractivity contribution in [3.63, 3.8) is 0 Å². The van der Waals surface area contributed by atoms with Crippen LogP contribution in [0.3, 0.4) is 0 Å². The van der Waals surface area contributed by atoms with Crippen LogP contribution < -0.4 is 5.32 Å². The van der Waals surface area contributed by atoms with Crippen LogP contribution in [0.2, 0.25) is 0 Å². The van der Waals surface area contributed by atoms with Crippen molar-refractivity contribution in [2.75, 3.05) is 44.6 Å². The standard InChI is InChI=1S/C30H44N4O6S2/c1-8-32(9-2)29(36)26-24-15-16-33(30(37)40-10-3)19-25(24)41-28(26)31-27(35)22-11-13-23(14-12-22)42(38,39)34(17-20(4)5)18-21(6)7/h11-14,20-21H,8-10,15-19H2,1-7H3,(H,31,35). The summed E-state index contributed by atoms with van der Waals surface area (Å²) < 4.78 is 33.4. The number of hydrogen-bond donors (Lipinski definition) is 1. The third-order valence-corrected chi connectivity index (χ3v) is 9.94. The van der Waals surface area contributed by atoms with Crippen molar-refractivity contribution in [1.82, 2.24) is 14.1 Å². The number of sulfonamides is 1. The third-order valence-electron chi connectivity index (χ3n) is 6.97. The minimum absolute atomic E-state index is 0.128. The molecule has 1 aliphatic rings. The predicted octanol–water partition coefficient (Wildman–Crippen LogP) is 5.30. The van der Waals surface area contributed by atoms with E-state index in [1.54, 1.807) is 16.7 Å². The van der Waals surface area contributed by atoms with E-state index in [1.807, 2.05) is 41.5 Å². The fraction of sp³-hybridized carbons (Fsp3) is 0.567. The van der Waals surface area contributed by atoms with Gasteiger partial charge >= 0.3 is 6.09 Å². The monoisotopic (exact) mass is 620 g/mol. The Morgan fingerprint density at radius 1 is 1.00 bits per heavy atom. The van der Waals surface area contributed by atoms with Crippen LogP contribution in [0.25, 0.3) is 0 Å². The maximum absolute atomic E-state index is 13.6. The Bertz CT molecular complexity index is 1350. The zero-order valence-electron chi connectivity index (χ0n) is 25.7. The number of benzene rings is 1. The van der Waals surface area contributed by atoms with E-state index in [0.29, 0.717) is 56.3 Å². The highest BCUT2D eigenvalue weighted by Gasteiger charge is 2.32. The van der Waals surface area contributed by atoms with Crippen molar-refractivity contribution in [2.24, 2.45) is 11.8 Å². The molecule has 12 heteroatoms. The van der Waals surface area contributed by atoms with Gasteiger partial charge in [0.15, 0.2) is 0 Å². The summed E-state index contributed by atoms with van der Waals surface area (Å²) >= 11 is 1.28. The number of carbonyl (C=O) groups excluding carboxylic acids is 3.